The number of nitrogens with zero attached hydrogens (tertiary/aromatic N) is 5. The van der Waals surface area contributed by atoms with Gasteiger partial charge in [-0.05, 0) is 48.4 Å². The third-order valence-electron chi connectivity index (χ3n) is 5.89. The Kier molecular flexibility index (Phi) is 6.26. The Morgan fingerprint density at radius 2 is 1.79 bits per heavy atom. The Bertz CT molecular complexity index is 1820. The van der Waals surface area contributed by atoms with E-state index in [2.05, 4.69) is 20.4 Å². The van der Waals surface area contributed by atoms with Crippen LogP contribution in [0.1, 0.15) is 32.2 Å². The van der Waals surface area contributed by atoms with Gasteiger partial charge in [-0.3, -0.25) is 9.59 Å². The van der Waals surface area contributed by atoms with E-state index in [9.17, 15) is 27.6 Å². The second-order valence-corrected chi connectivity index (χ2v) is 9.48. The second-order valence-electron chi connectivity index (χ2n) is 8.48. The number of carbonyl (C=O) groups excluding carboxylic acids is 2. The number of hydrogen-bond acceptors (Lipinski definition) is 7. The van der Waals surface area contributed by atoms with Gasteiger partial charge in [-0.1, -0.05) is 18.2 Å². The molecule has 0 saturated heterocycles. The van der Waals surface area contributed by atoms with Crippen molar-refractivity contribution in [2.75, 3.05) is 5.32 Å². The van der Waals surface area contributed by atoms with Crippen LogP contribution in [-0.2, 0) is 13.2 Å². The van der Waals surface area contributed by atoms with Gasteiger partial charge < -0.3 is 11.1 Å². The van der Waals surface area contributed by atoms with Crippen LogP contribution in [0.5, 0.6) is 0 Å². The maximum absolute atomic E-state index is 13.7. The summed E-state index contributed by atoms with van der Waals surface area (Å²) in [6, 6.07) is 12.5. The molecule has 14 heteroatoms. The quantitative estimate of drug-likeness (QED) is 0.338. The number of anilines is 1. The summed E-state index contributed by atoms with van der Waals surface area (Å²) < 4.78 is 43.5. The van der Waals surface area contributed by atoms with Crippen LogP contribution in [0.15, 0.2) is 59.7 Å². The number of hydrogen-bond donors (Lipinski definition) is 2. The first-order valence-electron chi connectivity index (χ1n) is 11.2. The van der Waals surface area contributed by atoms with Gasteiger partial charge in [0.25, 0.3) is 5.91 Å². The van der Waals surface area contributed by atoms with E-state index in [1.807, 2.05) is 0 Å². The highest BCUT2D eigenvalue weighted by Gasteiger charge is 2.37. The number of carbonyl (C=O) groups is 2. The fraction of sp³-hybridized carbons (Fsp3) is 0.120. The van der Waals surface area contributed by atoms with Crippen molar-refractivity contribution in [1.82, 2.24) is 24.3 Å². The van der Waals surface area contributed by atoms with E-state index < -0.39 is 29.5 Å². The maximum Gasteiger partial charge on any atom is 0.451 e. The smallest absolute Gasteiger partial charge is 0.366 e. The first-order valence-corrected chi connectivity index (χ1v) is 12.1. The molecule has 0 saturated carbocycles. The van der Waals surface area contributed by atoms with Gasteiger partial charge in [-0.25, -0.2) is 24.0 Å². The molecule has 0 bridgehead atoms. The van der Waals surface area contributed by atoms with Crippen molar-refractivity contribution in [3.8, 4) is 16.1 Å². The van der Waals surface area contributed by atoms with Crippen LogP contribution in [0.3, 0.4) is 0 Å². The van der Waals surface area contributed by atoms with Gasteiger partial charge in [-0.15, -0.1) is 11.3 Å². The molecule has 39 heavy (non-hydrogen) atoms. The van der Waals surface area contributed by atoms with Gasteiger partial charge in [0.1, 0.15) is 16.9 Å². The van der Waals surface area contributed by atoms with Crippen LogP contribution in [0, 0.1) is 6.92 Å². The van der Waals surface area contributed by atoms with Gasteiger partial charge in [-0.2, -0.15) is 18.3 Å². The van der Waals surface area contributed by atoms with Crippen LogP contribution in [-0.4, -0.2) is 36.1 Å². The SMILES string of the molecule is Cc1c(-c2ccc(-n3cnn(C)c3=O)cc2)sc2nc(C(F)(F)F)nc(C(=O)Nc3cccc(C(N)=O)c3)c12. The number of nitrogens with two attached hydrogens (primary N) is 1. The Balaban J connectivity index is 1.60. The third kappa shape index (κ3) is 4.77. The number of fused-ring (bicyclic) bond motifs is 1. The molecule has 0 unspecified atom stereocenters. The van der Waals surface area contributed by atoms with E-state index >= 15 is 0 Å². The lowest BCUT2D eigenvalue weighted by molar-refractivity contribution is -0.144. The Morgan fingerprint density at radius 1 is 1.08 bits per heavy atom. The lowest BCUT2D eigenvalue weighted by Gasteiger charge is -2.10. The second kappa shape index (κ2) is 9.47. The summed E-state index contributed by atoms with van der Waals surface area (Å²) in [6.07, 6.45) is -3.52. The molecule has 10 nitrogen and oxygen atoms in total. The summed E-state index contributed by atoms with van der Waals surface area (Å²) in [5, 5.41) is 6.57. The number of rotatable bonds is 5. The number of benzene rings is 2. The van der Waals surface area contributed by atoms with E-state index in [0.29, 0.717) is 21.7 Å². The summed E-state index contributed by atoms with van der Waals surface area (Å²) in [6.45, 7) is 1.66. The molecular weight excluding hydrogens is 535 g/mol. The molecule has 3 aromatic heterocycles. The van der Waals surface area contributed by atoms with E-state index in [0.717, 1.165) is 11.3 Å². The van der Waals surface area contributed by atoms with Crippen LogP contribution in [0.2, 0.25) is 0 Å². The van der Waals surface area contributed by atoms with Gasteiger partial charge in [0.15, 0.2) is 0 Å². The van der Waals surface area contributed by atoms with E-state index in [1.54, 1.807) is 31.2 Å². The molecule has 0 atom stereocenters. The van der Waals surface area contributed by atoms with Crippen LogP contribution in [0.4, 0.5) is 18.9 Å². The monoisotopic (exact) mass is 553 g/mol. The first kappa shape index (κ1) is 25.8. The Morgan fingerprint density at radius 3 is 2.41 bits per heavy atom. The zero-order valence-corrected chi connectivity index (χ0v) is 21.1. The average Bonchev–Trinajstić information content (AvgIpc) is 3.41. The van der Waals surface area contributed by atoms with Crippen molar-refractivity contribution in [1.29, 1.82) is 0 Å². The molecule has 3 heterocycles. The van der Waals surface area contributed by atoms with Crippen molar-refractivity contribution in [2.45, 2.75) is 13.1 Å². The number of nitrogens with one attached hydrogen (secondary N) is 1. The first-order chi connectivity index (χ1) is 18.4. The summed E-state index contributed by atoms with van der Waals surface area (Å²) in [4.78, 5) is 44.7. The van der Waals surface area contributed by atoms with Crippen LogP contribution in [0.25, 0.3) is 26.3 Å². The Hall–Kier alpha value is -4.85. The number of thiophene rings is 1. The zero-order chi connectivity index (χ0) is 28.1. The number of aromatic nitrogens is 5. The molecule has 0 aliphatic rings. The van der Waals surface area contributed by atoms with E-state index in [4.69, 9.17) is 5.73 Å². The normalized spacial score (nSPS) is 11.6. The molecule has 0 aliphatic heterocycles. The predicted octanol–water partition coefficient (Wildman–Crippen LogP) is 3.92. The van der Waals surface area contributed by atoms with Gasteiger partial charge in [0.2, 0.25) is 11.7 Å². The highest BCUT2D eigenvalue weighted by Crippen LogP contribution is 2.40. The third-order valence-corrected chi connectivity index (χ3v) is 7.13. The summed E-state index contributed by atoms with van der Waals surface area (Å²) in [5.41, 5.74) is 6.45. The number of halogens is 3. The predicted molar refractivity (Wildman–Crippen MR) is 138 cm³/mol. The van der Waals surface area contributed by atoms with Gasteiger partial charge >= 0.3 is 11.9 Å². The summed E-state index contributed by atoms with van der Waals surface area (Å²) in [7, 11) is 1.52. The standard InChI is InChI=1S/C25H18F3N7O3S/c1-12-17-18(21(37)31-15-5-3-4-14(10-15)20(29)36)32-23(25(26,27)28)33-22(17)39-19(12)13-6-8-16(9-7-13)35-11-30-34(2)24(35)38/h3-11H,1-2H3,(H2,29,36)(H,31,37). The lowest BCUT2D eigenvalue weighted by atomic mass is 10.1. The van der Waals surface area contributed by atoms with Crippen LogP contribution < -0.4 is 16.7 Å². The van der Waals surface area contributed by atoms with Crippen molar-refractivity contribution < 1.29 is 22.8 Å². The fourth-order valence-corrected chi connectivity index (χ4v) is 5.17. The average molecular weight is 554 g/mol. The number of amides is 2. The highest BCUT2D eigenvalue weighted by atomic mass is 32.1. The zero-order valence-electron chi connectivity index (χ0n) is 20.3. The van der Waals surface area contributed by atoms with Crippen molar-refractivity contribution in [2.24, 2.45) is 12.8 Å². The fourth-order valence-electron chi connectivity index (χ4n) is 3.98. The van der Waals surface area contributed by atoms with Crippen molar-refractivity contribution in [3.05, 3.63) is 88.0 Å². The lowest BCUT2D eigenvalue weighted by Crippen LogP contribution is -2.21. The minimum atomic E-state index is -4.90. The van der Waals surface area contributed by atoms with Crippen LogP contribution >= 0.6 is 11.3 Å². The van der Waals surface area contributed by atoms with Gasteiger partial charge in [0, 0.05) is 28.6 Å². The topological polar surface area (TPSA) is 138 Å². The summed E-state index contributed by atoms with van der Waals surface area (Å²) >= 11 is 0.983. The molecule has 5 aromatic rings. The maximum atomic E-state index is 13.7. The molecule has 0 radical (unpaired) electrons. The largest absolute Gasteiger partial charge is 0.451 e. The highest BCUT2D eigenvalue weighted by molar-refractivity contribution is 7.22. The molecule has 2 amide bonds. The molecule has 2 aromatic carbocycles. The Labute approximate surface area is 221 Å². The number of aryl methyl sites for hydroxylation is 2. The number of primary amides is 1. The minimum absolute atomic E-state index is 0.0200. The molecule has 198 valence electrons. The van der Waals surface area contributed by atoms with E-state index in [1.165, 1.54) is 46.9 Å². The van der Waals surface area contributed by atoms with Crippen molar-refractivity contribution >= 4 is 39.1 Å². The minimum Gasteiger partial charge on any atom is -0.366 e. The molecule has 0 fully saturated rings. The molecule has 0 aliphatic carbocycles. The molecular formula is C25H18F3N7O3S. The van der Waals surface area contributed by atoms with Crippen molar-refractivity contribution in [3.63, 3.8) is 0 Å². The van der Waals surface area contributed by atoms with Gasteiger partial charge in [0.05, 0.1) is 5.69 Å². The summed E-state index contributed by atoms with van der Waals surface area (Å²) in [5.74, 6) is -3.09. The molecule has 3 N–H and O–H groups in total. The number of alkyl halides is 3. The molecule has 5 rings (SSSR count). The van der Waals surface area contributed by atoms with E-state index in [-0.39, 0.29) is 27.2 Å². The molecule has 0 spiro atoms.